The lowest BCUT2D eigenvalue weighted by atomic mass is 10.4. The number of amides is 1. The Labute approximate surface area is 108 Å². The quantitative estimate of drug-likeness (QED) is 0.471. The first-order chi connectivity index (χ1) is 8.58. The number of ether oxygens (including phenoxy) is 1. The molecule has 1 rings (SSSR count). The van der Waals surface area contributed by atoms with Crippen molar-refractivity contribution in [2.75, 3.05) is 33.3 Å². The SMILES string of the molecule is C=CCN(CC(=O)OCC)CC(=O)N(C)C1CC1. The van der Waals surface area contributed by atoms with Gasteiger partial charge in [0.05, 0.1) is 19.7 Å². The van der Waals surface area contributed by atoms with Crippen molar-refractivity contribution in [3.8, 4) is 0 Å². The van der Waals surface area contributed by atoms with E-state index in [1.807, 2.05) is 7.05 Å². The predicted octanol–water partition coefficient (Wildman–Crippen LogP) is 0.658. The molecule has 0 radical (unpaired) electrons. The van der Waals surface area contributed by atoms with Gasteiger partial charge in [0.15, 0.2) is 0 Å². The zero-order valence-electron chi connectivity index (χ0n) is 11.2. The van der Waals surface area contributed by atoms with Gasteiger partial charge in [-0.15, -0.1) is 6.58 Å². The van der Waals surface area contributed by atoms with E-state index in [-0.39, 0.29) is 25.0 Å². The van der Waals surface area contributed by atoms with Crippen LogP contribution in [0, 0.1) is 0 Å². The molecule has 102 valence electrons. The van der Waals surface area contributed by atoms with E-state index >= 15 is 0 Å². The van der Waals surface area contributed by atoms with E-state index in [1.165, 1.54) is 0 Å². The number of carbonyl (C=O) groups excluding carboxylic acids is 2. The Kier molecular flexibility index (Phi) is 5.85. The summed E-state index contributed by atoms with van der Waals surface area (Å²) < 4.78 is 4.88. The molecule has 1 fully saturated rings. The van der Waals surface area contributed by atoms with Gasteiger partial charge in [-0.3, -0.25) is 14.5 Å². The van der Waals surface area contributed by atoms with Gasteiger partial charge in [0, 0.05) is 19.6 Å². The molecule has 18 heavy (non-hydrogen) atoms. The predicted molar refractivity (Wildman–Crippen MR) is 69.1 cm³/mol. The van der Waals surface area contributed by atoms with Gasteiger partial charge in [-0.25, -0.2) is 0 Å². The first-order valence-electron chi connectivity index (χ1n) is 6.33. The van der Waals surface area contributed by atoms with Crippen LogP contribution in [0.4, 0.5) is 0 Å². The number of rotatable bonds is 8. The van der Waals surface area contributed by atoms with Crippen molar-refractivity contribution in [2.24, 2.45) is 0 Å². The van der Waals surface area contributed by atoms with Crippen LogP contribution in [0.3, 0.4) is 0 Å². The molecule has 1 saturated carbocycles. The number of hydrogen-bond acceptors (Lipinski definition) is 4. The van der Waals surface area contributed by atoms with Crippen molar-refractivity contribution >= 4 is 11.9 Å². The molecule has 0 aromatic carbocycles. The Hall–Kier alpha value is -1.36. The fourth-order valence-corrected chi connectivity index (χ4v) is 1.73. The highest BCUT2D eigenvalue weighted by Gasteiger charge is 2.30. The third-order valence-corrected chi connectivity index (χ3v) is 2.89. The largest absolute Gasteiger partial charge is 0.465 e. The van der Waals surface area contributed by atoms with Gasteiger partial charge in [0.1, 0.15) is 0 Å². The van der Waals surface area contributed by atoms with E-state index in [0.29, 0.717) is 19.2 Å². The van der Waals surface area contributed by atoms with Crippen molar-refractivity contribution in [3.05, 3.63) is 12.7 Å². The lowest BCUT2D eigenvalue weighted by Gasteiger charge is -2.23. The first kappa shape index (κ1) is 14.7. The topological polar surface area (TPSA) is 49.9 Å². The van der Waals surface area contributed by atoms with Crippen LogP contribution < -0.4 is 0 Å². The second-order valence-corrected chi connectivity index (χ2v) is 4.50. The minimum atomic E-state index is -0.304. The van der Waals surface area contributed by atoms with Crippen LogP contribution in [0.2, 0.25) is 0 Å². The standard InChI is InChI=1S/C13H22N2O3/c1-4-8-15(10-13(17)18-5-2)9-12(16)14(3)11-6-7-11/h4,11H,1,5-10H2,2-3H3. The summed E-state index contributed by atoms with van der Waals surface area (Å²) in [4.78, 5) is 26.9. The summed E-state index contributed by atoms with van der Waals surface area (Å²) in [5, 5.41) is 0. The molecule has 5 nitrogen and oxygen atoms in total. The summed E-state index contributed by atoms with van der Waals surface area (Å²) in [7, 11) is 1.82. The minimum Gasteiger partial charge on any atom is -0.465 e. The molecule has 0 bridgehead atoms. The van der Waals surface area contributed by atoms with Crippen LogP contribution in [-0.2, 0) is 14.3 Å². The van der Waals surface area contributed by atoms with E-state index in [9.17, 15) is 9.59 Å². The summed E-state index contributed by atoms with van der Waals surface area (Å²) in [6.45, 7) is 6.62. The maximum Gasteiger partial charge on any atom is 0.320 e. The zero-order chi connectivity index (χ0) is 13.5. The van der Waals surface area contributed by atoms with Crippen LogP contribution >= 0.6 is 0 Å². The number of esters is 1. The molecular weight excluding hydrogens is 232 g/mol. The summed E-state index contributed by atoms with van der Waals surface area (Å²) >= 11 is 0. The lowest BCUT2D eigenvalue weighted by molar-refractivity contribution is -0.145. The number of nitrogens with zero attached hydrogens (tertiary/aromatic N) is 2. The monoisotopic (exact) mass is 254 g/mol. The first-order valence-corrected chi connectivity index (χ1v) is 6.33. The molecule has 0 atom stereocenters. The van der Waals surface area contributed by atoms with E-state index in [1.54, 1.807) is 22.8 Å². The van der Waals surface area contributed by atoms with Crippen LogP contribution in [0.5, 0.6) is 0 Å². The van der Waals surface area contributed by atoms with Gasteiger partial charge >= 0.3 is 5.97 Å². The van der Waals surface area contributed by atoms with Crippen LogP contribution in [0.15, 0.2) is 12.7 Å². The third-order valence-electron chi connectivity index (χ3n) is 2.89. The molecule has 1 aliphatic carbocycles. The van der Waals surface area contributed by atoms with Gasteiger partial charge in [-0.2, -0.15) is 0 Å². The number of likely N-dealkylation sites (N-methyl/N-ethyl adjacent to an activating group) is 1. The molecule has 0 N–H and O–H groups in total. The van der Waals surface area contributed by atoms with Crippen LogP contribution in [-0.4, -0.2) is 61.0 Å². The fraction of sp³-hybridized carbons (Fsp3) is 0.692. The molecule has 1 aliphatic rings. The average molecular weight is 254 g/mol. The summed E-state index contributed by atoms with van der Waals surface area (Å²) in [5.74, 6) is -0.259. The molecular formula is C13H22N2O3. The second kappa shape index (κ2) is 7.16. The molecule has 0 saturated heterocycles. The Morgan fingerprint density at radius 2 is 2.06 bits per heavy atom. The van der Waals surface area contributed by atoms with Gasteiger partial charge in [-0.05, 0) is 19.8 Å². The van der Waals surface area contributed by atoms with Gasteiger partial charge in [-0.1, -0.05) is 6.08 Å². The third kappa shape index (κ3) is 4.87. The Balaban J connectivity index is 2.42. The molecule has 0 unspecified atom stereocenters. The second-order valence-electron chi connectivity index (χ2n) is 4.50. The molecule has 0 aromatic rings. The zero-order valence-corrected chi connectivity index (χ0v) is 11.2. The van der Waals surface area contributed by atoms with Gasteiger partial charge in [0.25, 0.3) is 0 Å². The van der Waals surface area contributed by atoms with E-state index in [0.717, 1.165) is 12.8 Å². The smallest absolute Gasteiger partial charge is 0.320 e. The minimum absolute atomic E-state index is 0.0450. The molecule has 5 heteroatoms. The van der Waals surface area contributed by atoms with Crippen molar-refractivity contribution < 1.29 is 14.3 Å². The molecule has 0 heterocycles. The fourth-order valence-electron chi connectivity index (χ4n) is 1.73. The van der Waals surface area contributed by atoms with Crippen LogP contribution in [0.1, 0.15) is 19.8 Å². The van der Waals surface area contributed by atoms with Crippen molar-refractivity contribution in [3.63, 3.8) is 0 Å². The van der Waals surface area contributed by atoms with Gasteiger partial charge in [0.2, 0.25) is 5.91 Å². The highest BCUT2D eigenvalue weighted by Crippen LogP contribution is 2.25. The molecule has 1 amide bonds. The highest BCUT2D eigenvalue weighted by molar-refractivity contribution is 5.79. The van der Waals surface area contributed by atoms with E-state index < -0.39 is 0 Å². The summed E-state index contributed by atoms with van der Waals surface area (Å²) in [6, 6.07) is 0.394. The number of hydrogen-bond donors (Lipinski definition) is 0. The Bertz CT molecular complexity index is 313. The van der Waals surface area contributed by atoms with E-state index in [2.05, 4.69) is 6.58 Å². The maximum absolute atomic E-state index is 11.9. The van der Waals surface area contributed by atoms with Gasteiger partial charge < -0.3 is 9.64 Å². The maximum atomic E-state index is 11.9. The molecule has 0 aliphatic heterocycles. The highest BCUT2D eigenvalue weighted by atomic mass is 16.5. The van der Waals surface area contributed by atoms with Crippen molar-refractivity contribution in [1.29, 1.82) is 0 Å². The normalized spacial score (nSPS) is 14.4. The molecule has 0 aromatic heterocycles. The van der Waals surface area contributed by atoms with Crippen molar-refractivity contribution in [1.82, 2.24) is 9.80 Å². The van der Waals surface area contributed by atoms with Crippen LogP contribution in [0.25, 0.3) is 0 Å². The summed E-state index contributed by atoms with van der Waals surface area (Å²) in [6.07, 6.45) is 3.85. The summed E-state index contributed by atoms with van der Waals surface area (Å²) in [5.41, 5.74) is 0. The Morgan fingerprint density at radius 3 is 2.56 bits per heavy atom. The molecule has 0 spiro atoms. The van der Waals surface area contributed by atoms with Crippen molar-refractivity contribution in [2.45, 2.75) is 25.8 Å². The Morgan fingerprint density at radius 1 is 1.39 bits per heavy atom. The lowest BCUT2D eigenvalue weighted by Crippen LogP contribution is -2.41. The number of carbonyl (C=O) groups is 2. The average Bonchev–Trinajstić information content (AvgIpc) is 3.12. The van der Waals surface area contributed by atoms with E-state index in [4.69, 9.17) is 4.74 Å².